The van der Waals surface area contributed by atoms with Crippen LogP contribution in [0.2, 0.25) is 0 Å². The molecule has 5 heteroatoms. The molecule has 5 nitrogen and oxygen atoms in total. The molecule has 21 heavy (non-hydrogen) atoms. The number of hydrogen-bond donors (Lipinski definition) is 2. The molecule has 1 aromatic heterocycles. The Morgan fingerprint density at radius 2 is 2.19 bits per heavy atom. The largest absolute Gasteiger partial charge is 0.366 e. The summed E-state index contributed by atoms with van der Waals surface area (Å²) in [6.07, 6.45) is 0.628. The summed E-state index contributed by atoms with van der Waals surface area (Å²) >= 11 is 0. The van der Waals surface area contributed by atoms with Gasteiger partial charge in [0.1, 0.15) is 11.5 Å². The highest BCUT2D eigenvalue weighted by Gasteiger charge is 2.24. The first-order valence-electron chi connectivity index (χ1n) is 6.93. The second-order valence-electron chi connectivity index (χ2n) is 5.23. The van der Waals surface area contributed by atoms with Gasteiger partial charge in [-0.25, -0.2) is 10.0 Å². The van der Waals surface area contributed by atoms with Gasteiger partial charge in [0.2, 0.25) is 0 Å². The average molecular weight is 283 g/mol. The molecule has 108 valence electrons. The summed E-state index contributed by atoms with van der Waals surface area (Å²) in [5.74, 6) is 0.203. The number of nitrogens with one attached hydrogen (secondary N) is 1. The predicted octanol–water partition coefficient (Wildman–Crippen LogP) is 2.39. The smallest absolute Gasteiger partial charge is 0.296 e. The zero-order chi connectivity index (χ0) is 14.8. The number of aryl methyl sites for hydroxylation is 1. The van der Waals surface area contributed by atoms with Crippen LogP contribution in [0, 0.1) is 6.92 Å². The van der Waals surface area contributed by atoms with E-state index in [1.54, 1.807) is 0 Å². The van der Waals surface area contributed by atoms with E-state index in [1.807, 2.05) is 24.3 Å². The number of hydrogen-bond acceptors (Lipinski definition) is 4. The van der Waals surface area contributed by atoms with Crippen LogP contribution in [-0.4, -0.2) is 27.7 Å². The Labute approximate surface area is 123 Å². The van der Waals surface area contributed by atoms with Crippen molar-refractivity contribution in [2.24, 2.45) is 0 Å². The van der Waals surface area contributed by atoms with Gasteiger partial charge >= 0.3 is 0 Å². The lowest BCUT2D eigenvalue weighted by atomic mass is 10.1. The maximum Gasteiger partial charge on any atom is 0.296 e. The van der Waals surface area contributed by atoms with Gasteiger partial charge in [0.05, 0.1) is 6.54 Å². The summed E-state index contributed by atoms with van der Waals surface area (Å²) in [4.78, 5) is 16.2. The number of aromatic nitrogens is 1. The number of rotatable bonds is 3. The van der Waals surface area contributed by atoms with Crippen LogP contribution in [-0.2, 0) is 13.0 Å². The summed E-state index contributed by atoms with van der Waals surface area (Å²) in [5.41, 5.74) is 3.58. The molecule has 0 bridgehead atoms. The van der Waals surface area contributed by atoms with Crippen LogP contribution in [0.15, 0.2) is 36.4 Å². The Balaban J connectivity index is 1.76. The van der Waals surface area contributed by atoms with Crippen molar-refractivity contribution in [3.8, 4) is 0 Å². The topological polar surface area (TPSA) is 65.5 Å². The third-order valence-electron chi connectivity index (χ3n) is 3.56. The third-order valence-corrected chi connectivity index (χ3v) is 3.56. The fraction of sp³-hybridized carbons (Fsp3) is 0.250. The standard InChI is InChI=1S/C16H17N3O2/c1-11-3-2-4-12(9-11)10-17-14-6-5-13-7-8-19(21)16(20)15(13)18-14/h2-6,9,21H,7-8,10H2,1H3,(H,17,18). The number of fused-ring (bicyclic) bond motifs is 1. The van der Waals surface area contributed by atoms with E-state index >= 15 is 0 Å². The van der Waals surface area contributed by atoms with Crippen molar-refractivity contribution in [2.45, 2.75) is 19.9 Å². The monoisotopic (exact) mass is 283 g/mol. The first kappa shape index (κ1) is 13.6. The fourth-order valence-corrected chi connectivity index (χ4v) is 2.44. The number of carbonyl (C=O) groups excluding carboxylic acids is 1. The van der Waals surface area contributed by atoms with Crippen molar-refractivity contribution in [3.63, 3.8) is 0 Å². The van der Waals surface area contributed by atoms with Crippen molar-refractivity contribution in [1.29, 1.82) is 0 Å². The molecular weight excluding hydrogens is 266 g/mol. The molecule has 0 atom stereocenters. The second kappa shape index (κ2) is 5.54. The molecule has 0 saturated carbocycles. The average Bonchev–Trinajstić information content (AvgIpc) is 2.49. The molecule has 1 aliphatic heterocycles. The van der Waals surface area contributed by atoms with Gasteiger partial charge in [-0.1, -0.05) is 35.9 Å². The van der Waals surface area contributed by atoms with Gasteiger partial charge in [0.15, 0.2) is 0 Å². The van der Waals surface area contributed by atoms with Crippen molar-refractivity contribution in [3.05, 3.63) is 58.8 Å². The number of anilines is 1. The Hall–Kier alpha value is -2.40. The lowest BCUT2D eigenvalue weighted by molar-refractivity contribution is -0.0607. The maximum atomic E-state index is 11.9. The summed E-state index contributed by atoms with van der Waals surface area (Å²) in [6, 6.07) is 12.0. The molecule has 0 unspecified atom stereocenters. The first-order valence-corrected chi connectivity index (χ1v) is 6.93. The highest BCUT2D eigenvalue weighted by molar-refractivity contribution is 5.94. The van der Waals surface area contributed by atoms with E-state index in [0.29, 0.717) is 31.0 Å². The van der Waals surface area contributed by atoms with E-state index in [-0.39, 0.29) is 0 Å². The zero-order valence-electron chi connectivity index (χ0n) is 11.8. The second-order valence-corrected chi connectivity index (χ2v) is 5.23. The zero-order valence-corrected chi connectivity index (χ0v) is 11.8. The molecule has 2 aromatic rings. The lowest BCUT2D eigenvalue weighted by Gasteiger charge is -2.22. The molecule has 1 amide bonds. The molecule has 3 rings (SSSR count). The summed E-state index contributed by atoms with van der Waals surface area (Å²) < 4.78 is 0. The molecule has 0 fully saturated rings. The Morgan fingerprint density at radius 1 is 1.33 bits per heavy atom. The van der Waals surface area contributed by atoms with E-state index < -0.39 is 5.91 Å². The Bertz CT molecular complexity index is 685. The lowest BCUT2D eigenvalue weighted by Crippen LogP contribution is -2.35. The highest BCUT2D eigenvalue weighted by Crippen LogP contribution is 2.18. The Kier molecular flexibility index (Phi) is 3.58. The SMILES string of the molecule is Cc1cccc(CNc2ccc3c(n2)C(=O)N(O)CC3)c1. The maximum absolute atomic E-state index is 11.9. The number of carbonyl (C=O) groups is 1. The van der Waals surface area contributed by atoms with Crippen LogP contribution in [0.1, 0.15) is 27.2 Å². The van der Waals surface area contributed by atoms with E-state index in [2.05, 4.69) is 29.4 Å². The van der Waals surface area contributed by atoms with Gasteiger partial charge in [-0.3, -0.25) is 10.0 Å². The predicted molar refractivity (Wildman–Crippen MR) is 79.3 cm³/mol. The minimum absolute atomic E-state index is 0.323. The van der Waals surface area contributed by atoms with E-state index in [1.165, 1.54) is 5.56 Å². The van der Waals surface area contributed by atoms with E-state index in [0.717, 1.165) is 16.2 Å². The summed E-state index contributed by atoms with van der Waals surface area (Å²) in [7, 11) is 0. The molecule has 1 aromatic carbocycles. The minimum atomic E-state index is -0.435. The van der Waals surface area contributed by atoms with Gasteiger partial charge in [-0.05, 0) is 30.5 Å². The number of benzene rings is 1. The van der Waals surface area contributed by atoms with Crippen LogP contribution >= 0.6 is 0 Å². The molecule has 2 N–H and O–H groups in total. The van der Waals surface area contributed by atoms with Gasteiger partial charge < -0.3 is 5.32 Å². The molecular formula is C16H17N3O2. The molecule has 2 heterocycles. The van der Waals surface area contributed by atoms with Crippen LogP contribution in [0.5, 0.6) is 0 Å². The van der Waals surface area contributed by atoms with Crippen LogP contribution in [0.25, 0.3) is 0 Å². The van der Waals surface area contributed by atoms with Crippen molar-refractivity contribution < 1.29 is 10.0 Å². The molecule has 1 aliphatic rings. The Morgan fingerprint density at radius 3 is 3.00 bits per heavy atom. The molecule has 0 saturated heterocycles. The third kappa shape index (κ3) is 2.87. The quantitative estimate of drug-likeness (QED) is 0.849. The van der Waals surface area contributed by atoms with Crippen LogP contribution < -0.4 is 5.32 Å². The molecule has 0 radical (unpaired) electrons. The van der Waals surface area contributed by atoms with Gasteiger partial charge in [0.25, 0.3) is 5.91 Å². The van der Waals surface area contributed by atoms with Gasteiger partial charge in [0, 0.05) is 6.54 Å². The number of amides is 1. The molecule has 0 spiro atoms. The number of pyridine rings is 1. The van der Waals surface area contributed by atoms with E-state index in [4.69, 9.17) is 0 Å². The highest BCUT2D eigenvalue weighted by atomic mass is 16.5. The van der Waals surface area contributed by atoms with Crippen molar-refractivity contribution in [2.75, 3.05) is 11.9 Å². The van der Waals surface area contributed by atoms with E-state index in [9.17, 15) is 10.0 Å². The summed E-state index contributed by atoms with van der Waals surface area (Å²) in [5, 5.41) is 13.4. The number of hydroxylamine groups is 2. The van der Waals surface area contributed by atoms with Crippen LogP contribution in [0.4, 0.5) is 5.82 Å². The van der Waals surface area contributed by atoms with Crippen LogP contribution in [0.3, 0.4) is 0 Å². The van der Waals surface area contributed by atoms with Gasteiger partial charge in [-0.15, -0.1) is 0 Å². The minimum Gasteiger partial charge on any atom is -0.366 e. The first-order chi connectivity index (χ1) is 10.1. The fourth-order valence-electron chi connectivity index (χ4n) is 2.44. The normalized spacial score (nSPS) is 14.0. The number of nitrogens with zero attached hydrogens (tertiary/aromatic N) is 2. The molecule has 0 aliphatic carbocycles. The van der Waals surface area contributed by atoms with Gasteiger partial charge in [-0.2, -0.15) is 0 Å². The summed E-state index contributed by atoms with van der Waals surface area (Å²) in [6.45, 7) is 3.02. The van der Waals surface area contributed by atoms with Crippen molar-refractivity contribution >= 4 is 11.7 Å². The van der Waals surface area contributed by atoms with Crippen molar-refractivity contribution in [1.82, 2.24) is 10.0 Å².